The summed E-state index contributed by atoms with van der Waals surface area (Å²) in [5.74, 6) is -2.88. The largest absolute Gasteiger partial charge is 0.497 e. The first-order valence-electron chi connectivity index (χ1n) is 19.4. The molecule has 6 rings (SSSR count). The molecule has 2 aliphatic rings. The molecular formula is C44H48N6O10S. The summed E-state index contributed by atoms with van der Waals surface area (Å²) in [7, 11) is -2.79. The highest BCUT2D eigenvalue weighted by atomic mass is 32.2. The van der Waals surface area contributed by atoms with Gasteiger partial charge in [-0.15, -0.1) is 6.58 Å². The van der Waals surface area contributed by atoms with Crippen molar-refractivity contribution in [2.24, 2.45) is 5.92 Å². The van der Waals surface area contributed by atoms with E-state index in [1.165, 1.54) is 42.4 Å². The fourth-order valence-corrected chi connectivity index (χ4v) is 8.11. The maximum atomic E-state index is 14.6. The molecule has 4 N–H and O–H groups in total. The summed E-state index contributed by atoms with van der Waals surface area (Å²) in [6, 6.07) is 21.0. The number of rotatable bonds is 15. The van der Waals surface area contributed by atoms with Crippen LogP contribution in [0.5, 0.6) is 11.5 Å². The summed E-state index contributed by atoms with van der Waals surface area (Å²) in [5, 5.41) is 8.39. The van der Waals surface area contributed by atoms with Gasteiger partial charge in [-0.05, 0) is 57.5 Å². The van der Waals surface area contributed by atoms with E-state index in [4.69, 9.17) is 19.2 Å². The first-order chi connectivity index (χ1) is 29.0. The number of alkyl carbamates (subject to hydrolysis) is 1. The molecule has 2 fully saturated rings. The number of benzene rings is 3. The van der Waals surface area contributed by atoms with Crippen LogP contribution < -0.4 is 30.1 Å². The minimum Gasteiger partial charge on any atom is -0.497 e. The first kappa shape index (κ1) is 43.8. The third kappa shape index (κ3) is 10.2. The van der Waals surface area contributed by atoms with Gasteiger partial charge in [0.05, 0.1) is 29.8 Å². The zero-order valence-corrected chi connectivity index (χ0v) is 35.0. The van der Waals surface area contributed by atoms with Crippen molar-refractivity contribution in [2.75, 3.05) is 20.2 Å². The average Bonchev–Trinajstić information content (AvgIpc) is 3.80. The van der Waals surface area contributed by atoms with E-state index >= 15 is 0 Å². The van der Waals surface area contributed by atoms with Crippen LogP contribution in [-0.4, -0.2) is 97.6 Å². The van der Waals surface area contributed by atoms with Gasteiger partial charge >= 0.3 is 6.09 Å². The van der Waals surface area contributed by atoms with Gasteiger partial charge in [-0.3, -0.25) is 19.2 Å². The van der Waals surface area contributed by atoms with Crippen LogP contribution in [-0.2, 0) is 33.9 Å². The van der Waals surface area contributed by atoms with E-state index in [9.17, 15) is 32.4 Å². The van der Waals surface area contributed by atoms with Crippen LogP contribution in [0.2, 0.25) is 0 Å². The van der Waals surface area contributed by atoms with Crippen LogP contribution >= 0.6 is 0 Å². The molecule has 0 unspecified atom stereocenters. The van der Waals surface area contributed by atoms with Gasteiger partial charge in [0.25, 0.3) is 15.9 Å². The Labute approximate surface area is 353 Å². The quantitative estimate of drug-likeness (QED) is 0.0991. The zero-order chi connectivity index (χ0) is 44.1. The number of carbonyl (C=O) groups excluding carboxylic acids is 5. The number of amides is 5. The normalized spacial score (nSPS) is 20.1. The number of likely N-dealkylation sites (tertiary alicyclic amines) is 1. The van der Waals surface area contributed by atoms with Gasteiger partial charge in [-0.2, -0.15) is 0 Å². The van der Waals surface area contributed by atoms with Crippen molar-refractivity contribution in [1.82, 2.24) is 30.6 Å². The number of carbonyl (C=O) groups is 5. The highest BCUT2D eigenvalue weighted by Crippen LogP contribution is 2.45. The molecule has 61 heavy (non-hydrogen) atoms. The Morgan fingerprint density at radius 3 is 2.30 bits per heavy atom. The number of nitrogens with one attached hydrogen (secondary N) is 4. The highest BCUT2D eigenvalue weighted by Gasteiger charge is 2.61. The molecule has 1 saturated carbocycles. The van der Waals surface area contributed by atoms with E-state index in [0.717, 1.165) is 11.6 Å². The summed E-state index contributed by atoms with van der Waals surface area (Å²) in [4.78, 5) is 74.2. The number of sulfonamides is 1. The van der Waals surface area contributed by atoms with Gasteiger partial charge in [0, 0.05) is 42.0 Å². The summed E-state index contributed by atoms with van der Waals surface area (Å²) in [6.45, 7) is 11.5. The van der Waals surface area contributed by atoms with Crippen LogP contribution in [0, 0.1) is 5.92 Å². The fraction of sp³-hybridized carbons (Fsp3) is 0.318. The molecular weight excluding hydrogens is 805 g/mol. The van der Waals surface area contributed by atoms with Crippen LogP contribution in [0.4, 0.5) is 4.79 Å². The maximum absolute atomic E-state index is 14.6. The number of hydrogen-bond acceptors (Lipinski definition) is 11. The molecule has 2 heterocycles. The SMILES string of the molecule is C=CC(=O)NC[C@@H](NC(=O)OC(C)(C)C)C(=O)N1C[C@H](Oc2cc(-c3ccccc3)nc3cc(OC)ccc23)C[C@H]1C(=O)N[C@]1(C(=O)NS(=O)(=O)c2ccccc2)C[C@H]1C=C. The molecule has 1 aromatic heterocycles. The Morgan fingerprint density at radius 1 is 0.984 bits per heavy atom. The van der Waals surface area contributed by atoms with E-state index in [0.29, 0.717) is 28.1 Å². The lowest BCUT2D eigenvalue weighted by molar-refractivity contribution is -0.141. The number of pyridine rings is 1. The van der Waals surface area contributed by atoms with Crippen molar-refractivity contribution in [1.29, 1.82) is 0 Å². The smallest absolute Gasteiger partial charge is 0.408 e. The zero-order valence-electron chi connectivity index (χ0n) is 34.2. The Balaban J connectivity index is 1.35. The fourth-order valence-electron chi connectivity index (χ4n) is 7.05. The van der Waals surface area contributed by atoms with Crippen LogP contribution in [0.3, 0.4) is 0 Å². The Kier molecular flexibility index (Phi) is 12.8. The third-order valence-electron chi connectivity index (χ3n) is 10.2. The second kappa shape index (κ2) is 17.8. The molecule has 0 spiro atoms. The molecule has 1 saturated heterocycles. The molecule has 320 valence electrons. The minimum absolute atomic E-state index is 0.0319. The monoisotopic (exact) mass is 852 g/mol. The maximum Gasteiger partial charge on any atom is 0.408 e. The second-order valence-electron chi connectivity index (χ2n) is 15.6. The molecule has 5 amide bonds. The van der Waals surface area contributed by atoms with Gasteiger partial charge in [0.1, 0.15) is 40.8 Å². The number of ether oxygens (including phenoxy) is 3. The topological polar surface area (TPSA) is 211 Å². The predicted molar refractivity (Wildman–Crippen MR) is 226 cm³/mol. The summed E-state index contributed by atoms with van der Waals surface area (Å²) in [6.07, 6.45) is 0.561. The number of nitrogens with zero attached hydrogens (tertiary/aromatic N) is 2. The third-order valence-corrected chi connectivity index (χ3v) is 11.5. The molecule has 1 aliphatic heterocycles. The summed E-state index contributed by atoms with van der Waals surface area (Å²) in [5.41, 5.74) is -0.723. The van der Waals surface area contributed by atoms with E-state index < -0.39 is 81.5 Å². The van der Waals surface area contributed by atoms with Crippen molar-refractivity contribution in [2.45, 2.75) is 67.8 Å². The van der Waals surface area contributed by atoms with Crippen molar-refractivity contribution >= 4 is 50.6 Å². The standard InChI is InChI=1S/C44H48N6O10S/c1-7-28-24-44(28,41(54)49-61(56,57)31-17-13-10-14-18-31)48-39(52)36-22-30(26-50(36)40(53)35(25-45-38(51)8-2)47-42(55)60-43(3,4)5)59-37-23-33(27-15-11-9-12-16-27)46-34-21-29(58-6)19-20-32(34)37/h7-21,23,28,30,35-36H,1-2,22,24-26H2,3-6H3,(H,45,51)(H,47,55)(H,48,52)(H,49,54)/t28-,30-,35-,36+,44-/m1/s1. The summed E-state index contributed by atoms with van der Waals surface area (Å²) < 4.78 is 46.0. The van der Waals surface area contributed by atoms with E-state index in [-0.39, 0.29) is 24.3 Å². The van der Waals surface area contributed by atoms with Gasteiger partial charge in [0.2, 0.25) is 17.7 Å². The Hall–Kier alpha value is -6.75. The Morgan fingerprint density at radius 2 is 1.67 bits per heavy atom. The molecule has 16 nitrogen and oxygen atoms in total. The van der Waals surface area contributed by atoms with E-state index in [1.54, 1.807) is 51.1 Å². The van der Waals surface area contributed by atoms with Gasteiger partial charge in [0.15, 0.2) is 0 Å². The second-order valence-corrected chi connectivity index (χ2v) is 17.3. The average molecular weight is 853 g/mol. The molecule has 5 atom stereocenters. The Bertz CT molecular complexity index is 2460. The lowest BCUT2D eigenvalue weighted by atomic mass is 10.1. The molecule has 4 aromatic rings. The molecule has 0 radical (unpaired) electrons. The van der Waals surface area contributed by atoms with E-state index in [1.807, 2.05) is 30.3 Å². The molecule has 0 bridgehead atoms. The van der Waals surface area contributed by atoms with Crippen molar-refractivity contribution in [3.8, 4) is 22.8 Å². The van der Waals surface area contributed by atoms with Crippen molar-refractivity contribution in [3.05, 3.63) is 110 Å². The molecule has 3 aromatic carbocycles. The van der Waals surface area contributed by atoms with Crippen LogP contribution in [0.25, 0.3) is 22.2 Å². The highest BCUT2D eigenvalue weighted by molar-refractivity contribution is 7.90. The lowest BCUT2D eigenvalue weighted by Crippen LogP contribution is -2.59. The first-order valence-corrected chi connectivity index (χ1v) is 20.9. The van der Waals surface area contributed by atoms with Crippen LogP contribution in [0.1, 0.15) is 33.6 Å². The van der Waals surface area contributed by atoms with Gasteiger partial charge < -0.3 is 35.1 Å². The van der Waals surface area contributed by atoms with Crippen molar-refractivity contribution in [3.63, 3.8) is 0 Å². The predicted octanol–water partition coefficient (Wildman–Crippen LogP) is 4.02. The molecule has 17 heteroatoms. The van der Waals surface area contributed by atoms with Crippen LogP contribution in [0.15, 0.2) is 115 Å². The number of hydrogen-bond donors (Lipinski definition) is 4. The van der Waals surface area contributed by atoms with Gasteiger partial charge in [-0.25, -0.2) is 22.9 Å². The number of aromatic nitrogens is 1. The van der Waals surface area contributed by atoms with Crippen molar-refractivity contribution < 1.29 is 46.6 Å². The number of fused-ring (bicyclic) bond motifs is 1. The van der Waals surface area contributed by atoms with E-state index in [2.05, 4.69) is 33.8 Å². The lowest BCUT2D eigenvalue weighted by Gasteiger charge is -2.30. The van der Waals surface area contributed by atoms with Gasteiger partial charge in [-0.1, -0.05) is 61.2 Å². The minimum atomic E-state index is -4.33. The molecule has 1 aliphatic carbocycles. The number of methoxy groups -OCH3 is 1. The summed E-state index contributed by atoms with van der Waals surface area (Å²) >= 11 is 0.